The molecule has 0 amide bonds. The lowest BCUT2D eigenvalue weighted by Gasteiger charge is -2.20. The molecule has 1 rings (SSSR count). The molecule has 4 nitrogen and oxygen atoms in total. The minimum Gasteiger partial charge on any atom is -0.397 e. The van der Waals surface area contributed by atoms with Crippen molar-refractivity contribution in [2.75, 3.05) is 31.7 Å². The molecule has 4 heteroatoms. The van der Waals surface area contributed by atoms with Crippen LogP contribution in [0, 0.1) is 11.3 Å². The highest BCUT2D eigenvalue weighted by atomic mass is 15.1. The van der Waals surface area contributed by atoms with E-state index in [1.165, 1.54) is 0 Å². The quantitative estimate of drug-likeness (QED) is 0.752. The van der Waals surface area contributed by atoms with Gasteiger partial charge in [0.25, 0.3) is 0 Å². The van der Waals surface area contributed by atoms with Crippen LogP contribution in [-0.2, 0) is 0 Å². The van der Waals surface area contributed by atoms with Crippen LogP contribution in [0.25, 0.3) is 0 Å². The van der Waals surface area contributed by atoms with E-state index in [0.29, 0.717) is 11.3 Å². The zero-order valence-electron chi connectivity index (χ0n) is 9.99. The normalized spacial score (nSPS) is 12.2. The fourth-order valence-electron chi connectivity index (χ4n) is 1.61. The van der Waals surface area contributed by atoms with Crippen molar-refractivity contribution in [3.63, 3.8) is 0 Å². The highest BCUT2D eigenvalue weighted by Gasteiger charge is 2.06. The summed E-state index contributed by atoms with van der Waals surface area (Å²) in [5, 5.41) is 12.1. The Morgan fingerprint density at radius 3 is 2.75 bits per heavy atom. The topological polar surface area (TPSA) is 65.1 Å². The fraction of sp³-hybridized carbons (Fsp3) is 0.417. The molecule has 1 unspecified atom stereocenters. The summed E-state index contributed by atoms with van der Waals surface area (Å²) in [6, 6.07) is 7.64. The van der Waals surface area contributed by atoms with Crippen molar-refractivity contribution in [1.82, 2.24) is 4.90 Å². The lowest BCUT2D eigenvalue weighted by molar-refractivity contribution is 0.392. The van der Waals surface area contributed by atoms with Gasteiger partial charge in [-0.25, -0.2) is 0 Å². The Hall–Kier alpha value is -1.73. The summed E-state index contributed by atoms with van der Waals surface area (Å²) in [6.07, 6.45) is 0. The van der Waals surface area contributed by atoms with Gasteiger partial charge in [-0.1, -0.05) is 0 Å². The SMILES string of the molecule is CC(CN(C)C)Nc1cc(C#N)ccc1N. The van der Waals surface area contributed by atoms with Crippen LogP contribution in [0.15, 0.2) is 18.2 Å². The van der Waals surface area contributed by atoms with Crippen molar-refractivity contribution < 1.29 is 0 Å². The molecule has 0 aliphatic heterocycles. The maximum Gasteiger partial charge on any atom is 0.0992 e. The molecule has 0 saturated heterocycles. The first-order valence-corrected chi connectivity index (χ1v) is 5.24. The highest BCUT2D eigenvalue weighted by molar-refractivity contribution is 5.68. The molecule has 0 aliphatic carbocycles. The number of anilines is 2. The standard InChI is InChI=1S/C12H18N4/c1-9(8-16(2)3)15-12-6-10(7-13)4-5-11(12)14/h4-6,9,15H,8,14H2,1-3H3. The second kappa shape index (κ2) is 5.38. The molecule has 16 heavy (non-hydrogen) atoms. The van der Waals surface area contributed by atoms with E-state index < -0.39 is 0 Å². The first-order valence-electron chi connectivity index (χ1n) is 5.24. The fourth-order valence-corrected chi connectivity index (χ4v) is 1.61. The second-order valence-corrected chi connectivity index (χ2v) is 4.22. The monoisotopic (exact) mass is 218 g/mol. The van der Waals surface area contributed by atoms with Gasteiger partial charge in [-0.3, -0.25) is 0 Å². The van der Waals surface area contributed by atoms with Gasteiger partial charge >= 0.3 is 0 Å². The highest BCUT2D eigenvalue weighted by Crippen LogP contribution is 2.20. The molecule has 1 atom stereocenters. The van der Waals surface area contributed by atoms with Crippen LogP contribution in [0.5, 0.6) is 0 Å². The lowest BCUT2D eigenvalue weighted by atomic mass is 10.1. The van der Waals surface area contributed by atoms with Crippen LogP contribution in [-0.4, -0.2) is 31.6 Å². The van der Waals surface area contributed by atoms with Crippen molar-refractivity contribution >= 4 is 11.4 Å². The van der Waals surface area contributed by atoms with Gasteiger partial charge < -0.3 is 16.0 Å². The Morgan fingerprint density at radius 2 is 2.19 bits per heavy atom. The average molecular weight is 218 g/mol. The molecule has 0 bridgehead atoms. The van der Waals surface area contributed by atoms with E-state index >= 15 is 0 Å². The average Bonchev–Trinajstić information content (AvgIpc) is 2.20. The van der Waals surface area contributed by atoms with Gasteiger partial charge in [0.1, 0.15) is 0 Å². The molecular weight excluding hydrogens is 200 g/mol. The third kappa shape index (κ3) is 3.44. The van der Waals surface area contributed by atoms with Crippen LogP contribution in [0.1, 0.15) is 12.5 Å². The van der Waals surface area contributed by atoms with Crippen LogP contribution in [0.2, 0.25) is 0 Å². The second-order valence-electron chi connectivity index (χ2n) is 4.22. The predicted octanol–water partition coefficient (Wildman–Crippen LogP) is 1.50. The number of hydrogen-bond donors (Lipinski definition) is 2. The minimum atomic E-state index is 0.284. The first-order chi connectivity index (χ1) is 7.52. The summed E-state index contributed by atoms with van der Waals surface area (Å²) in [7, 11) is 4.04. The van der Waals surface area contributed by atoms with Crippen molar-refractivity contribution in [2.45, 2.75) is 13.0 Å². The van der Waals surface area contributed by atoms with Gasteiger partial charge in [-0.15, -0.1) is 0 Å². The zero-order valence-corrected chi connectivity index (χ0v) is 9.99. The van der Waals surface area contributed by atoms with Crippen molar-refractivity contribution in [3.8, 4) is 6.07 Å². The molecule has 0 fully saturated rings. The van der Waals surface area contributed by atoms with Gasteiger partial charge in [-0.2, -0.15) is 5.26 Å². The first kappa shape index (κ1) is 12.3. The molecule has 1 aromatic rings. The molecule has 1 aromatic carbocycles. The summed E-state index contributed by atoms with van der Waals surface area (Å²) < 4.78 is 0. The number of rotatable bonds is 4. The molecule has 3 N–H and O–H groups in total. The van der Waals surface area contributed by atoms with E-state index in [1.54, 1.807) is 18.2 Å². The Labute approximate surface area is 96.7 Å². The van der Waals surface area contributed by atoms with Gasteiger partial charge in [0.05, 0.1) is 23.0 Å². The Morgan fingerprint density at radius 1 is 1.50 bits per heavy atom. The molecule has 0 heterocycles. The number of hydrogen-bond acceptors (Lipinski definition) is 4. The molecule has 0 aromatic heterocycles. The van der Waals surface area contributed by atoms with Crippen LogP contribution in [0.3, 0.4) is 0 Å². The zero-order chi connectivity index (χ0) is 12.1. The van der Waals surface area contributed by atoms with E-state index in [9.17, 15) is 0 Å². The van der Waals surface area contributed by atoms with Gasteiger partial charge in [0.2, 0.25) is 0 Å². The Bertz CT molecular complexity index is 392. The maximum absolute atomic E-state index is 8.81. The van der Waals surface area contributed by atoms with E-state index in [4.69, 9.17) is 11.0 Å². The molecular formula is C12H18N4. The summed E-state index contributed by atoms with van der Waals surface area (Å²) in [5.74, 6) is 0. The molecule has 0 spiro atoms. The predicted molar refractivity (Wildman–Crippen MR) is 67.2 cm³/mol. The number of nitrogens with two attached hydrogens (primary N) is 1. The van der Waals surface area contributed by atoms with Crippen molar-refractivity contribution in [1.29, 1.82) is 5.26 Å². The van der Waals surface area contributed by atoms with Crippen LogP contribution >= 0.6 is 0 Å². The summed E-state index contributed by atoms with van der Waals surface area (Å²) in [4.78, 5) is 2.10. The van der Waals surface area contributed by atoms with Crippen LogP contribution in [0.4, 0.5) is 11.4 Å². The molecule has 0 radical (unpaired) electrons. The van der Waals surface area contributed by atoms with Crippen molar-refractivity contribution in [3.05, 3.63) is 23.8 Å². The number of nitrogen functional groups attached to an aromatic ring is 1. The summed E-state index contributed by atoms with van der Waals surface area (Å²) in [5.41, 5.74) is 7.96. The van der Waals surface area contributed by atoms with Gasteiger partial charge in [0, 0.05) is 12.6 Å². The summed E-state index contributed by atoms with van der Waals surface area (Å²) >= 11 is 0. The van der Waals surface area contributed by atoms with Crippen molar-refractivity contribution in [2.24, 2.45) is 0 Å². The van der Waals surface area contributed by atoms with Gasteiger partial charge in [0.15, 0.2) is 0 Å². The number of likely N-dealkylation sites (N-methyl/N-ethyl adjacent to an activating group) is 1. The minimum absolute atomic E-state index is 0.284. The van der Waals surface area contributed by atoms with E-state index in [1.807, 2.05) is 14.1 Å². The van der Waals surface area contributed by atoms with Crippen LogP contribution < -0.4 is 11.1 Å². The number of nitrogens with one attached hydrogen (secondary N) is 1. The number of nitriles is 1. The van der Waals surface area contributed by atoms with E-state index in [-0.39, 0.29) is 6.04 Å². The Kier molecular flexibility index (Phi) is 4.15. The Balaban J connectivity index is 2.76. The number of benzene rings is 1. The molecule has 0 saturated carbocycles. The summed E-state index contributed by atoms with van der Waals surface area (Å²) in [6.45, 7) is 2.99. The third-order valence-electron chi connectivity index (χ3n) is 2.22. The molecule has 0 aliphatic rings. The van der Waals surface area contributed by atoms with E-state index in [0.717, 1.165) is 12.2 Å². The maximum atomic E-state index is 8.81. The number of nitrogens with zero attached hydrogens (tertiary/aromatic N) is 2. The third-order valence-corrected chi connectivity index (χ3v) is 2.22. The van der Waals surface area contributed by atoms with E-state index in [2.05, 4.69) is 23.2 Å². The van der Waals surface area contributed by atoms with Gasteiger partial charge in [-0.05, 0) is 39.2 Å². The molecule has 86 valence electrons. The lowest BCUT2D eigenvalue weighted by Crippen LogP contribution is -2.29. The smallest absolute Gasteiger partial charge is 0.0992 e. The largest absolute Gasteiger partial charge is 0.397 e.